The molecular weight excluding hydrogens is 320 g/mol. The number of H-pyrrole nitrogens is 2. The molecule has 0 amide bonds. The molecule has 2 aromatic carbocycles. The number of halogens is 1. The quantitative estimate of drug-likeness (QED) is 0.501. The van der Waals surface area contributed by atoms with Crippen molar-refractivity contribution in [3.05, 3.63) is 67.6 Å². The molecule has 0 bridgehead atoms. The maximum Gasteiger partial charge on any atom is 0.323 e. The Kier molecular flexibility index (Phi) is 3.79. The number of aromatic nitrogens is 2. The van der Waals surface area contributed by atoms with Crippen molar-refractivity contribution in [2.45, 2.75) is 13.0 Å². The van der Waals surface area contributed by atoms with Crippen LogP contribution in [0.5, 0.6) is 0 Å². The van der Waals surface area contributed by atoms with Gasteiger partial charge in [-0.1, -0.05) is 17.7 Å². The SMILES string of the molecule is C[C@H](Nc1ccc([N+](=O)[O-])cc1Cl)c1ccc2[nH]c(=O)[nH]c2c1. The molecule has 0 aliphatic heterocycles. The topological polar surface area (TPSA) is 104 Å². The van der Waals surface area contributed by atoms with Crippen LogP contribution >= 0.6 is 11.6 Å². The highest BCUT2D eigenvalue weighted by atomic mass is 35.5. The van der Waals surface area contributed by atoms with Crippen molar-refractivity contribution in [1.29, 1.82) is 0 Å². The molecule has 0 saturated heterocycles. The highest BCUT2D eigenvalue weighted by Crippen LogP contribution is 2.30. The van der Waals surface area contributed by atoms with Crippen molar-refractivity contribution in [3.63, 3.8) is 0 Å². The highest BCUT2D eigenvalue weighted by Gasteiger charge is 2.13. The van der Waals surface area contributed by atoms with E-state index in [1.807, 2.05) is 25.1 Å². The summed E-state index contributed by atoms with van der Waals surface area (Å²) < 4.78 is 0. The number of imidazole rings is 1. The van der Waals surface area contributed by atoms with E-state index in [9.17, 15) is 14.9 Å². The highest BCUT2D eigenvalue weighted by molar-refractivity contribution is 6.33. The maximum absolute atomic E-state index is 11.3. The number of benzene rings is 2. The molecule has 23 heavy (non-hydrogen) atoms. The summed E-state index contributed by atoms with van der Waals surface area (Å²) >= 11 is 6.08. The van der Waals surface area contributed by atoms with Gasteiger partial charge in [-0.3, -0.25) is 10.1 Å². The van der Waals surface area contributed by atoms with Crippen molar-refractivity contribution in [1.82, 2.24) is 9.97 Å². The lowest BCUT2D eigenvalue weighted by atomic mass is 10.1. The van der Waals surface area contributed by atoms with Gasteiger partial charge >= 0.3 is 5.69 Å². The molecule has 0 radical (unpaired) electrons. The molecule has 0 aliphatic rings. The number of nitrogens with zero attached hydrogens (tertiary/aromatic N) is 1. The Bertz CT molecular complexity index is 947. The Morgan fingerprint density at radius 1 is 1.17 bits per heavy atom. The fourth-order valence-corrected chi connectivity index (χ4v) is 2.60. The Morgan fingerprint density at radius 3 is 2.61 bits per heavy atom. The van der Waals surface area contributed by atoms with Gasteiger partial charge in [0.15, 0.2) is 0 Å². The van der Waals surface area contributed by atoms with Crippen LogP contribution in [-0.4, -0.2) is 14.9 Å². The van der Waals surface area contributed by atoms with Crippen molar-refractivity contribution < 1.29 is 4.92 Å². The smallest absolute Gasteiger partial charge is 0.323 e. The molecule has 8 heteroatoms. The minimum absolute atomic E-state index is 0.0560. The second kappa shape index (κ2) is 5.77. The Balaban J connectivity index is 1.86. The molecule has 3 N–H and O–H groups in total. The minimum atomic E-state index is -0.491. The maximum atomic E-state index is 11.3. The molecule has 3 rings (SSSR count). The average molecular weight is 333 g/mol. The second-order valence-corrected chi connectivity index (χ2v) is 5.58. The molecule has 7 nitrogen and oxygen atoms in total. The largest absolute Gasteiger partial charge is 0.377 e. The fourth-order valence-electron chi connectivity index (χ4n) is 2.37. The molecule has 0 unspecified atom stereocenters. The molecular formula is C15H13ClN4O3. The van der Waals surface area contributed by atoms with Crippen LogP contribution in [0.3, 0.4) is 0 Å². The Morgan fingerprint density at radius 2 is 1.91 bits per heavy atom. The number of anilines is 1. The van der Waals surface area contributed by atoms with E-state index in [-0.39, 0.29) is 22.4 Å². The van der Waals surface area contributed by atoms with Crippen molar-refractivity contribution in [2.24, 2.45) is 0 Å². The van der Waals surface area contributed by atoms with Gasteiger partial charge in [0.1, 0.15) is 0 Å². The summed E-state index contributed by atoms with van der Waals surface area (Å²) in [6, 6.07) is 9.76. The first-order valence-electron chi connectivity index (χ1n) is 6.86. The number of hydrogen-bond donors (Lipinski definition) is 3. The molecule has 0 saturated carbocycles. The lowest BCUT2D eigenvalue weighted by molar-refractivity contribution is -0.384. The summed E-state index contributed by atoms with van der Waals surface area (Å²) in [7, 11) is 0. The molecule has 0 spiro atoms. The summed E-state index contributed by atoms with van der Waals surface area (Å²) in [6.07, 6.45) is 0. The monoisotopic (exact) mass is 332 g/mol. The molecule has 1 heterocycles. The third kappa shape index (κ3) is 3.04. The normalized spacial score (nSPS) is 12.3. The number of nitro groups is 1. The third-order valence-electron chi connectivity index (χ3n) is 3.58. The van der Waals surface area contributed by atoms with Gasteiger partial charge < -0.3 is 15.3 Å². The van der Waals surface area contributed by atoms with Gasteiger partial charge in [-0.2, -0.15) is 0 Å². The minimum Gasteiger partial charge on any atom is -0.377 e. The van der Waals surface area contributed by atoms with Crippen LogP contribution in [0, 0.1) is 10.1 Å². The number of nitro benzene ring substituents is 1. The van der Waals surface area contributed by atoms with Gasteiger partial charge in [-0.15, -0.1) is 0 Å². The van der Waals surface area contributed by atoms with Crippen LogP contribution in [0.4, 0.5) is 11.4 Å². The van der Waals surface area contributed by atoms with Crippen LogP contribution in [0.15, 0.2) is 41.2 Å². The Labute approximate surface area is 135 Å². The summed E-state index contributed by atoms with van der Waals surface area (Å²) in [5.74, 6) is 0. The fraction of sp³-hybridized carbons (Fsp3) is 0.133. The van der Waals surface area contributed by atoms with Crippen molar-refractivity contribution in [3.8, 4) is 0 Å². The molecule has 118 valence electrons. The number of hydrogen-bond acceptors (Lipinski definition) is 4. The van der Waals surface area contributed by atoms with Gasteiger partial charge in [-0.05, 0) is 30.7 Å². The lowest BCUT2D eigenvalue weighted by Crippen LogP contribution is -2.07. The zero-order valence-electron chi connectivity index (χ0n) is 12.1. The second-order valence-electron chi connectivity index (χ2n) is 5.17. The summed E-state index contributed by atoms with van der Waals surface area (Å²) in [6.45, 7) is 1.93. The molecule has 1 atom stereocenters. The summed E-state index contributed by atoms with van der Waals surface area (Å²) in [4.78, 5) is 26.9. The zero-order chi connectivity index (χ0) is 16.6. The molecule has 3 aromatic rings. The van der Waals surface area contributed by atoms with E-state index in [2.05, 4.69) is 15.3 Å². The van der Waals surface area contributed by atoms with Crippen LogP contribution in [0.2, 0.25) is 5.02 Å². The first-order chi connectivity index (χ1) is 10.9. The van der Waals surface area contributed by atoms with E-state index >= 15 is 0 Å². The van der Waals surface area contributed by atoms with Crippen LogP contribution in [0.1, 0.15) is 18.5 Å². The van der Waals surface area contributed by atoms with Crippen molar-refractivity contribution >= 4 is 34.0 Å². The van der Waals surface area contributed by atoms with Crippen LogP contribution in [-0.2, 0) is 0 Å². The number of fused-ring (bicyclic) bond motifs is 1. The predicted molar refractivity (Wildman–Crippen MR) is 89.1 cm³/mol. The number of rotatable bonds is 4. The standard InChI is InChI=1S/C15H13ClN4O3/c1-8(9-2-4-13-14(6-9)19-15(21)18-13)17-12-5-3-10(20(22)23)7-11(12)16/h2-8,17H,1H3,(H2,18,19,21)/t8-/m0/s1. The molecule has 0 aliphatic carbocycles. The molecule has 0 fully saturated rings. The lowest BCUT2D eigenvalue weighted by Gasteiger charge is -2.16. The average Bonchev–Trinajstić information content (AvgIpc) is 2.88. The van der Waals surface area contributed by atoms with E-state index < -0.39 is 4.92 Å². The number of nitrogens with one attached hydrogen (secondary N) is 3. The predicted octanol–water partition coefficient (Wildman–Crippen LogP) is 3.59. The Hall–Kier alpha value is -2.80. The van der Waals surface area contributed by atoms with E-state index in [4.69, 9.17) is 11.6 Å². The molecule has 1 aromatic heterocycles. The number of aromatic amines is 2. The van der Waals surface area contributed by atoms with Crippen LogP contribution < -0.4 is 11.0 Å². The van der Waals surface area contributed by atoms with Gasteiger partial charge in [-0.25, -0.2) is 4.79 Å². The van der Waals surface area contributed by atoms with Gasteiger partial charge in [0.05, 0.1) is 26.7 Å². The number of non-ortho nitro benzene ring substituents is 1. The van der Waals surface area contributed by atoms with Crippen molar-refractivity contribution in [2.75, 3.05) is 5.32 Å². The summed E-state index contributed by atoms with van der Waals surface area (Å²) in [5, 5.41) is 14.2. The summed E-state index contributed by atoms with van der Waals surface area (Å²) in [5.41, 5.74) is 2.69. The first kappa shape index (κ1) is 15.1. The van der Waals surface area contributed by atoms with Gasteiger partial charge in [0, 0.05) is 18.2 Å². The van der Waals surface area contributed by atoms with E-state index in [0.717, 1.165) is 16.6 Å². The van der Waals surface area contributed by atoms with E-state index in [1.54, 1.807) is 6.07 Å². The van der Waals surface area contributed by atoms with Crippen LogP contribution in [0.25, 0.3) is 11.0 Å². The van der Waals surface area contributed by atoms with Gasteiger partial charge in [0.25, 0.3) is 5.69 Å². The van der Waals surface area contributed by atoms with Gasteiger partial charge in [0.2, 0.25) is 0 Å². The zero-order valence-corrected chi connectivity index (χ0v) is 12.8. The van der Waals surface area contributed by atoms with E-state index in [1.165, 1.54) is 12.1 Å². The van der Waals surface area contributed by atoms with E-state index in [0.29, 0.717) is 5.69 Å². The third-order valence-corrected chi connectivity index (χ3v) is 3.89. The first-order valence-corrected chi connectivity index (χ1v) is 7.24.